The lowest BCUT2D eigenvalue weighted by molar-refractivity contribution is 0.134. The van der Waals surface area contributed by atoms with Crippen LogP contribution in [0.5, 0.6) is 5.75 Å². The Labute approximate surface area is 184 Å². The van der Waals surface area contributed by atoms with Gasteiger partial charge in [0.1, 0.15) is 37.1 Å². The standard InChI is InChI=1S/C22H23F3N4O2S/c1-32(2,30)29-15-8-17(13-3-4-13)21-19(9-15)26-12-27-22(21)28-18-6-5-14(25)7-20(18)31-16(10-23)11-24/h5-9,12-13,16H,1,3-4,10-11H2,2H3,(H,29,30)(H,26,27,28). The number of benzene rings is 2. The van der Waals surface area contributed by atoms with Gasteiger partial charge in [0, 0.05) is 33.1 Å². The van der Waals surface area contributed by atoms with Crippen molar-refractivity contribution in [1.29, 1.82) is 0 Å². The fourth-order valence-corrected chi connectivity index (χ4v) is 4.07. The van der Waals surface area contributed by atoms with E-state index in [0.717, 1.165) is 29.9 Å². The van der Waals surface area contributed by atoms with E-state index >= 15 is 0 Å². The summed E-state index contributed by atoms with van der Waals surface area (Å²) >= 11 is 0. The Balaban J connectivity index is 1.78. The average molecular weight is 465 g/mol. The molecule has 1 aliphatic rings. The zero-order valence-corrected chi connectivity index (χ0v) is 18.2. The zero-order valence-electron chi connectivity index (χ0n) is 17.4. The SMILES string of the molecule is C=S(C)(=O)Nc1cc(C2CC2)c2c(Nc3ccc(F)cc3OC(CF)CF)ncnc2c1. The Morgan fingerprint density at radius 2 is 1.97 bits per heavy atom. The highest BCUT2D eigenvalue weighted by atomic mass is 32.2. The summed E-state index contributed by atoms with van der Waals surface area (Å²) in [5, 5.41) is 3.87. The van der Waals surface area contributed by atoms with Gasteiger partial charge >= 0.3 is 0 Å². The monoisotopic (exact) mass is 464 g/mol. The lowest BCUT2D eigenvalue weighted by Crippen LogP contribution is -2.21. The molecule has 0 spiro atoms. The largest absolute Gasteiger partial charge is 0.483 e. The van der Waals surface area contributed by atoms with Crippen molar-refractivity contribution in [3.63, 3.8) is 0 Å². The van der Waals surface area contributed by atoms with Crippen LogP contribution in [0, 0.1) is 5.82 Å². The number of hydrogen-bond donors (Lipinski definition) is 2. The first-order valence-electron chi connectivity index (χ1n) is 10.0. The van der Waals surface area contributed by atoms with E-state index in [1.165, 1.54) is 24.7 Å². The molecule has 10 heteroatoms. The number of hydrogen-bond acceptors (Lipinski definition) is 5. The van der Waals surface area contributed by atoms with E-state index in [-0.39, 0.29) is 5.75 Å². The Kier molecular flexibility index (Phi) is 6.14. The number of nitrogens with zero attached hydrogens (tertiary/aromatic N) is 2. The molecule has 1 fully saturated rings. The molecular formula is C22H23F3N4O2S. The first-order chi connectivity index (χ1) is 15.3. The number of anilines is 3. The van der Waals surface area contributed by atoms with Crippen molar-refractivity contribution in [3.8, 4) is 5.75 Å². The molecule has 32 heavy (non-hydrogen) atoms. The Morgan fingerprint density at radius 1 is 1.22 bits per heavy atom. The minimum atomic E-state index is -2.48. The van der Waals surface area contributed by atoms with Gasteiger partial charge in [-0.3, -0.25) is 0 Å². The summed E-state index contributed by atoms with van der Waals surface area (Å²) in [6.45, 7) is -2.09. The number of ether oxygens (including phenoxy) is 1. The molecule has 6 nitrogen and oxygen atoms in total. The summed E-state index contributed by atoms with van der Waals surface area (Å²) in [7, 11) is -2.48. The van der Waals surface area contributed by atoms with Crippen molar-refractivity contribution in [3.05, 3.63) is 48.0 Å². The molecule has 1 aromatic heterocycles. The summed E-state index contributed by atoms with van der Waals surface area (Å²) in [5.74, 6) is 3.77. The van der Waals surface area contributed by atoms with Crippen LogP contribution in [0.1, 0.15) is 24.3 Å². The second-order valence-corrected chi connectivity index (χ2v) is 10.1. The smallest absolute Gasteiger partial charge is 0.155 e. The fraction of sp³-hybridized carbons (Fsp3) is 0.318. The van der Waals surface area contributed by atoms with Gasteiger partial charge in [0.2, 0.25) is 0 Å². The molecule has 4 rings (SSSR count). The lowest BCUT2D eigenvalue weighted by Gasteiger charge is -2.18. The van der Waals surface area contributed by atoms with E-state index in [0.29, 0.717) is 28.6 Å². The summed E-state index contributed by atoms with van der Waals surface area (Å²) in [6.07, 6.45) is 3.55. The van der Waals surface area contributed by atoms with Crippen molar-refractivity contribution in [1.82, 2.24) is 9.97 Å². The van der Waals surface area contributed by atoms with Crippen molar-refractivity contribution in [2.24, 2.45) is 0 Å². The maximum absolute atomic E-state index is 13.8. The average Bonchev–Trinajstić information content (AvgIpc) is 3.57. The van der Waals surface area contributed by atoms with Crippen LogP contribution < -0.4 is 14.8 Å². The topological polar surface area (TPSA) is 76.1 Å². The van der Waals surface area contributed by atoms with Crippen LogP contribution in [0.3, 0.4) is 0 Å². The Hall–Kier alpha value is -3.01. The zero-order chi connectivity index (χ0) is 22.9. The molecule has 2 aromatic carbocycles. The highest BCUT2D eigenvalue weighted by molar-refractivity contribution is 8.00. The molecule has 0 aliphatic heterocycles. The van der Waals surface area contributed by atoms with Crippen LogP contribution in [0.25, 0.3) is 10.9 Å². The minimum Gasteiger partial charge on any atom is -0.483 e. The molecule has 0 radical (unpaired) electrons. The van der Waals surface area contributed by atoms with E-state index in [1.54, 1.807) is 6.07 Å². The predicted molar refractivity (Wildman–Crippen MR) is 122 cm³/mol. The number of nitrogens with one attached hydrogen (secondary N) is 2. The predicted octanol–water partition coefficient (Wildman–Crippen LogP) is 4.75. The number of halogens is 3. The summed E-state index contributed by atoms with van der Waals surface area (Å²) < 4.78 is 60.1. The maximum atomic E-state index is 13.8. The number of fused-ring (bicyclic) bond motifs is 1. The van der Waals surface area contributed by atoms with Gasteiger partial charge in [-0.25, -0.2) is 27.3 Å². The van der Waals surface area contributed by atoms with Gasteiger partial charge in [-0.15, -0.1) is 0 Å². The van der Waals surface area contributed by atoms with E-state index < -0.39 is 35.0 Å². The highest BCUT2D eigenvalue weighted by Crippen LogP contribution is 2.46. The second-order valence-electron chi connectivity index (χ2n) is 7.88. The van der Waals surface area contributed by atoms with E-state index in [1.807, 2.05) is 6.07 Å². The molecule has 0 bridgehead atoms. The molecule has 1 atom stereocenters. The van der Waals surface area contributed by atoms with Gasteiger partial charge in [0.05, 0.1) is 11.2 Å². The number of aromatic nitrogens is 2. The molecule has 1 aliphatic carbocycles. The van der Waals surface area contributed by atoms with Crippen molar-refractivity contribution in [2.45, 2.75) is 24.9 Å². The normalized spacial score (nSPS) is 15.5. The Bertz CT molecular complexity index is 1250. The van der Waals surface area contributed by atoms with Crippen molar-refractivity contribution < 1.29 is 22.1 Å². The van der Waals surface area contributed by atoms with Gasteiger partial charge in [-0.2, -0.15) is 0 Å². The molecule has 1 heterocycles. The molecule has 1 unspecified atom stereocenters. The summed E-state index contributed by atoms with van der Waals surface area (Å²) in [6, 6.07) is 7.38. The van der Waals surface area contributed by atoms with E-state index in [4.69, 9.17) is 4.74 Å². The summed E-state index contributed by atoms with van der Waals surface area (Å²) in [5.41, 5.74) is 2.56. The molecule has 170 valence electrons. The van der Waals surface area contributed by atoms with Crippen LogP contribution in [-0.2, 0) is 9.71 Å². The third kappa shape index (κ3) is 5.07. The van der Waals surface area contributed by atoms with E-state index in [2.05, 4.69) is 25.9 Å². The molecule has 3 aromatic rings. The van der Waals surface area contributed by atoms with Crippen molar-refractivity contribution in [2.75, 3.05) is 29.6 Å². The van der Waals surface area contributed by atoms with Crippen LogP contribution in [0.4, 0.5) is 30.4 Å². The quantitative estimate of drug-likeness (QED) is 0.447. The third-order valence-corrected chi connectivity index (χ3v) is 5.62. The lowest BCUT2D eigenvalue weighted by atomic mass is 10.0. The molecular weight excluding hydrogens is 441 g/mol. The summed E-state index contributed by atoms with van der Waals surface area (Å²) in [4.78, 5) is 8.71. The third-order valence-electron chi connectivity index (χ3n) is 4.95. The molecule has 0 saturated heterocycles. The minimum absolute atomic E-state index is 0.0221. The number of alkyl halides is 2. The van der Waals surface area contributed by atoms with Crippen LogP contribution >= 0.6 is 0 Å². The Morgan fingerprint density at radius 3 is 2.62 bits per heavy atom. The van der Waals surface area contributed by atoms with Gasteiger partial charge in [0.25, 0.3) is 0 Å². The second kappa shape index (κ2) is 8.85. The van der Waals surface area contributed by atoms with Crippen LogP contribution in [-0.4, -0.2) is 45.8 Å². The fourth-order valence-electron chi connectivity index (χ4n) is 3.45. The molecule has 2 N–H and O–H groups in total. The van der Waals surface area contributed by atoms with Crippen molar-refractivity contribution >= 4 is 43.7 Å². The van der Waals surface area contributed by atoms with Crippen LogP contribution in [0.15, 0.2) is 36.7 Å². The number of rotatable bonds is 9. The van der Waals surface area contributed by atoms with Gasteiger partial charge in [0.15, 0.2) is 6.10 Å². The van der Waals surface area contributed by atoms with Gasteiger partial charge < -0.3 is 14.8 Å². The van der Waals surface area contributed by atoms with Gasteiger partial charge in [-0.05, 0) is 54.5 Å². The maximum Gasteiger partial charge on any atom is 0.155 e. The molecule has 0 amide bonds. The molecule has 1 saturated carbocycles. The first-order valence-corrected chi connectivity index (χ1v) is 12.1. The van der Waals surface area contributed by atoms with Crippen LogP contribution in [0.2, 0.25) is 0 Å². The highest BCUT2D eigenvalue weighted by Gasteiger charge is 2.28. The van der Waals surface area contributed by atoms with E-state index in [9.17, 15) is 17.4 Å². The van der Waals surface area contributed by atoms with Gasteiger partial charge in [-0.1, -0.05) is 0 Å². The first kappa shape index (κ1) is 22.2.